The lowest BCUT2D eigenvalue weighted by Crippen LogP contribution is -2.41. The summed E-state index contributed by atoms with van der Waals surface area (Å²) in [5.41, 5.74) is 0.424. The Morgan fingerprint density at radius 3 is 2.07 bits per heavy atom. The van der Waals surface area contributed by atoms with E-state index < -0.39 is 23.9 Å². The van der Waals surface area contributed by atoms with Crippen LogP contribution in [0.4, 0.5) is 0 Å². The number of carboxylic acid groups (broad SMARTS) is 1. The van der Waals surface area contributed by atoms with Gasteiger partial charge in [-0.25, -0.2) is 4.79 Å². The second-order valence-corrected chi connectivity index (χ2v) is 6.17. The molecule has 1 atom stereocenters. The standard InChI is InChI=1S/C21H19NO5/c1-27-18(23)11-10-17(21(25)26)22-20(24)19-15-8-4-2-6-13(15)12-14-7-3-5-9-16(14)19/h2-9,12,17H,10-11H2,1H3,(H,22,24)(H,25,26)/t17-/m0/s1. The van der Waals surface area contributed by atoms with Gasteiger partial charge in [0.15, 0.2) is 0 Å². The number of amides is 1. The number of nitrogens with one attached hydrogen (secondary N) is 1. The van der Waals surface area contributed by atoms with Gasteiger partial charge >= 0.3 is 11.9 Å². The third-order valence-electron chi connectivity index (χ3n) is 4.47. The Balaban J connectivity index is 2.00. The van der Waals surface area contributed by atoms with Crippen molar-refractivity contribution in [3.05, 3.63) is 60.2 Å². The lowest BCUT2D eigenvalue weighted by Gasteiger charge is -2.16. The summed E-state index contributed by atoms with van der Waals surface area (Å²) >= 11 is 0. The van der Waals surface area contributed by atoms with Gasteiger partial charge in [-0.05, 0) is 34.0 Å². The van der Waals surface area contributed by atoms with Crippen LogP contribution in [-0.4, -0.2) is 36.1 Å². The molecule has 0 bridgehead atoms. The van der Waals surface area contributed by atoms with E-state index in [1.807, 2.05) is 54.6 Å². The first-order chi connectivity index (χ1) is 13.0. The quantitative estimate of drug-likeness (QED) is 0.517. The Bertz CT molecular complexity index is 973. The minimum atomic E-state index is -1.20. The zero-order valence-electron chi connectivity index (χ0n) is 14.8. The van der Waals surface area contributed by atoms with Crippen LogP contribution in [0.1, 0.15) is 23.2 Å². The molecular weight excluding hydrogens is 346 g/mol. The molecule has 0 aromatic heterocycles. The first-order valence-corrected chi connectivity index (χ1v) is 8.52. The van der Waals surface area contributed by atoms with Gasteiger partial charge in [0.1, 0.15) is 6.04 Å². The number of rotatable bonds is 6. The second kappa shape index (κ2) is 7.86. The van der Waals surface area contributed by atoms with Crippen molar-refractivity contribution in [2.24, 2.45) is 0 Å². The van der Waals surface area contributed by atoms with Crippen molar-refractivity contribution < 1.29 is 24.2 Å². The van der Waals surface area contributed by atoms with E-state index >= 15 is 0 Å². The molecule has 0 aliphatic carbocycles. The van der Waals surface area contributed by atoms with E-state index in [9.17, 15) is 19.5 Å². The van der Waals surface area contributed by atoms with E-state index in [0.717, 1.165) is 21.5 Å². The predicted molar refractivity (Wildman–Crippen MR) is 102 cm³/mol. The summed E-state index contributed by atoms with van der Waals surface area (Å²) in [5, 5.41) is 15.2. The maximum absolute atomic E-state index is 13.0. The topological polar surface area (TPSA) is 92.7 Å². The van der Waals surface area contributed by atoms with Crippen molar-refractivity contribution in [1.82, 2.24) is 5.32 Å². The Kier molecular flexibility index (Phi) is 5.35. The molecule has 0 spiro atoms. The van der Waals surface area contributed by atoms with Gasteiger partial charge in [-0.15, -0.1) is 0 Å². The summed E-state index contributed by atoms with van der Waals surface area (Å²) in [6.45, 7) is 0. The third kappa shape index (κ3) is 3.89. The van der Waals surface area contributed by atoms with Crippen LogP contribution in [0, 0.1) is 0 Å². The number of hydrogen-bond donors (Lipinski definition) is 2. The van der Waals surface area contributed by atoms with E-state index in [1.54, 1.807) is 0 Å². The molecule has 3 aromatic carbocycles. The Hall–Kier alpha value is -3.41. The van der Waals surface area contributed by atoms with Crippen LogP contribution >= 0.6 is 0 Å². The largest absolute Gasteiger partial charge is 0.480 e. The van der Waals surface area contributed by atoms with Gasteiger partial charge in [-0.2, -0.15) is 0 Å². The number of fused-ring (bicyclic) bond motifs is 2. The van der Waals surface area contributed by atoms with Crippen molar-refractivity contribution in [3.63, 3.8) is 0 Å². The van der Waals surface area contributed by atoms with Gasteiger partial charge in [-0.1, -0.05) is 48.5 Å². The molecule has 0 saturated heterocycles. The summed E-state index contributed by atoms with van der Waals surface area (Å²) in [7, 11) is 1.24. The highest BCUT2D eigenvalue weighted by Gasteiger charge is 2.24. The van der Waals surface area contributed by atoms with Gasteiger partial charge in [-0.3, -0.25) is 9.59 Å². The smallest absolute Gasteiger partial charge is 0.326 e. The molecule has 3 aromatic rings. The summed E-state index contributed by atoms with van der Waals surface area (Å²) in [6.07, 6.45) is -0.138. The van der Waals surface area contributed by atoms with Crippen LogP contribution in [0.2, 0.25) is 0 Å². The Labute approximate surface area is 155 Å². The highest BCUT2D eigenvalue weighted by atomic mass is 16.5. The van der Waals surface area contributed by atoms with E-state index in [0.29, 0.717) is 5.56 Å². The summed E-state index contributed by atoms with van der Waals surface area (Å²) in [4.78, 5) is 35.9. The Morgan fingerprint density at radius 2 is 1.56 bits per heavy atom. The van der Waals surface area contributed by atoms with Crippen molar-refractivity contribution in [1.29, 1.82) is 0 Å². The molecule has 2 N–H and O–H groups in total. The van der Waals surface area contributed by atoms with Crippen LogP contribution in [0.25, 0.3) is 21.5 Å². The number of carboxylic acids is 1. The van der Waals surface area contributed by atoms with Crippen LogP contribution in [-0.2, 0) is 14.3 Å². The van der Waals surface area contributed by atoms with E-state index in [-0.39, 0.29) is 12.8 Å². The van der Waals surface area contributed by atoms with Gasteiger partial charge in [0.05, 0.1) is 12.7 Å². The molecule has 1 amide bonds. The third-order valence-corrected chi connectivity index (χ3v) is 4.47. The molecule has 6 heteroatoms. The SMILES string of the molecule is COC(=O)CC[C@H](NC(=O)c1c2ccccc2cc2ccccc12)C(=O)O. The van der Waals surface area contributed by atoms with Gasteiger partial charge in [0.2, 0.25) is 0 Å². The van der Waals surface area contributed by atoms with E-state index in [1.165, 1.54) is 7.11 Å². The normalized spacial score (nSPS) is 11.9. The molecule has 6 nitrogen and oxygen atoms in total. The number of carbonyl (C=O) groups is 3. The van der Waals surface area contributed by atoms with Crippen molar-refractivity contribution in [2.45, 2.75) is 18.9 Å². The lowest BCUT2D eigenvalue weighted by molar-refractivity contribution is -0.142. The second-order valence-electron chi connectivity index (χ2n) is 6.17. The molecule has 0 aliphatic rings. The molecule has 0 radical (unpaired) electrons. The molecule has 0 unspecified atom stereocenters. The molecule has 138 valence electrons. The predicted octanol–water partition coefficient (Wildman–Crippen LogP) is 3.13. The van der Waals surface area contributed by atoms with Crippen LogP contribution in [0.15, 0.2) is 54.6 Å². The maximum atomic E-state index is 13.0. The number of ether oxygens (including phenoxy) is 1. The minimum absolute atomic E-state index is 0.0452. The zero-order chi connectivity index (χ0) is 19.4. The fourth-order valence-electron chi connectivity index (χ4n) is 3.11. The van der Waals surface area contributed by atoms with E-state index in [4.69, 9.17) is 0 Å². The highest BCUT2D eigenvalue weighted by Crippen LogP contribution is 2.28. The van der Waals surface area contributed by atoms with Gasteiger partial charge in [0, 0.05) is 6.42 Å². The van der Waals surface area contributed by atoms with Crippen molar-refractivity contribution in [3.8, 4) is 0 Å². The fraction of sp³-hybridized carbons (Fsp3) is 0.190. The van der Waals surface area contributed by atoms with E-state index in [2.05, 4.69) is 10.1 Å². The molecule has 0 heterocycles. The van der Waals surface area contributed by atoms with Gasteiger partial charge < -0.3 is 15.2 Å². The summed E-state index contributed by atoms with van der Waals surface area (Å²) in [6, 6.07) is 15.7. The average Bonchev–Trinajstić information content (AvgIpc) is 2.68. The molecule has 0 fully saturated rings. The molecule has 0 saturated carbocycles. The first kappa shape index (κ1) is 18.4. The average molecular weight is 365 g/mol. The molecule has 27 heavy (non-hydrogen) atoms. The number of carbonyl (C=O) groups excluding carboxylic acids is 2. The van der Waals surface area contributed by atoms with Crippen molar-refractivity contribution >= 4 is 39.4 Å². The number of benzene rings is 3. The summed E-state index contributed by atoms with van der Waals surface area (Å²) < 4.78 is 4.54. The van der Waals surface area contributed by atoms with Crippen LogP contribution < -0.4 is 5.32 Å². The number of aliphatic carboxylic acids is 1. The molecule has 3 rings (SSSR count). The maximum Gasteiger partial charge on any atom is 0.326 e. The highest BCUT2D eigenvalue weighted by molar-refractivity contribution is 6.18. The summed E-state index contributed by atoms with van der Waals surface area (Å²) in [5.74, 6) is -2.21. The van der Waals surface area contributed by atoms with Gasteiger partial charge in [0.25, 0.3) is 5.91 Å². The number of methoxy groups -OCH3 is 1. The Morgan fingerprint density at radius 1 is 1.00 bits per heavy atom. The number of esters is 1. The van der Waals surface area contributed by atoms with Crippen molar-refractivity contribution in [2.75, 3.05) is 7.11 Å². The minimum Gasteiger partial charge on any atom is -0.480 e. The molecular formula is C21H19NO5. The lowest BCUT2D eigenvalue weighted by atomic mass is 9.96. The molecule has 0 aliphatic heterocycles. The van der Waals surface area contributed by atoms with Crippen LogP contribution in [0.3, 0.4) is 0 Å². The number of hydrogen-bond acceptors (Lipinski definition) is 4. The first-order valence-electron chi connectivity index (χ1n) is 8.52. The fourth-order valence-corrected chi connectivity index (χ4v) is 3.11. The zero-order valence-corrected chi connectivity index (χ0v) is 14.8. The monoisotopic (exact) mass is 365 g/mol. The van der Waals surface area contributed by atoms with Crippen LogP contribution in [0.5, 0.6) is 0 Å².